The van der Waals surface area contributed by atoms with Crippen molar-refractivity contribution in [1.29, 1.82) is 0 Å². The van der Waals surface area contributed by atoms with E-state index in [1.807, 2.05) is 4.90 Å². The van der Waals surface area contributed by atoms with Gasteiger partial charge in [-0.2, -0.15) is 0 Å². The van der Waals surface area contributed by atoms with Crippen LogP contribution in [0.4, 0.5) is 0 Å². The van der Waals surface area contributed by atoms with Gasteiger partial charge in [0.15, 0.2) is 0 Å². The van der Waals surface area contributed by atoms with Crippen molar-refractivity contribution in [1.82, 2.24) is 15.1 Å². The summed E-state index contributed by atoms with van der Waals surface area (Å²) in [6.45, 7) is 5.29. The number of amides is 2. The molecule has 2 unspecified atom stereocenters. The van der Waals surface area contributed by atoms with Crippen LogP contribution in [0.2, 0.25) is 0 Å². The summed E-state index contributed by atoms with van der Waals surface area (Å²) in [5, 5.41) is 2.71. The molecule has 2 aliphatic rings. The molecule has 2 fully saturated rings. The molecule has 5 heteroatoms. The van der Waals surface area contributed by atoms with Gasteiger partial charge in [0.05, 0.1) is 0 Å². The second-order valence-corrected chi connectivity index (χ2v) is 5.24. The Hall–Kier alpha value is -1.10. The average molecular weight is 239 g/mol. The predicted octanol–water partition coefficient (Wildman–Crippen LogP) is -0.325. The van der Waals surface area contributed by atoms with E-state index in [0.717, 1.165) is 26.1 Å². The minimum atomic E-state index is -0.371. The monoisotopic (exact) mass is 239 g/mol. The Morgan fingerprint density at radius 1 is 1.35 bits per heavy atom. The first-order valence-corrected chi connectivity index (χ1v) is 6.33. The summed E-state index contributed by atoms with van der Waals surface area (Å²) in [4.78, 5) is 27.6. The minimum Gasteiger partial charge on any atom is -0.345 e. The highest BCUT2D eigenvalue weighted by Gasteiger charge is 2.29. The van der Waals surface area contributed by atoms with Crippen LogP contribution < -0.4 is 5.32 Å². The quantitative estimate of drug-likeness (QED) is 0.718. The maximum Gasteiger partial charge on any atom is 0.244 e. The third-order valence-corrected chi connectivity index (χ3v) is 3.64. The van der Waals surface area contributed by atoms with Crippen LogP contribution in [0.5, 0.6) is 0 Å². The summed E-state index contributed by atoms with van der Waals surface area (Å²) in [6, 6.07) is -0.371. The van der Waals surface area contributed by atoms with E-state index in [0.29, 0.717) is 18.9 Å². The van der Waals surface area contributed by atoms with Gasteiger partial charge < -0.3 is 15.1 Å². The lowest BCUT2D eigenvalue weighted by atomic mass is 10.1. The first-order valence-electron chi connectivity index (χ1n) is 6.33. The lowest BCUT2D eigenvalue weighted by molar-refractivity contribution is -0.133. The molecule has 2 aliphatic heterocycles. The third kappa shape index (κ3) is 2.97. The molecule has 0 saturated carbocycles. The highest BCUT2D eigenvalue weighted by Crippen LogP contribution is 2.17. The second kappa shape index (κ2) is 5.04. The SMILES string of the molecule is CC1NC(=O)CCN(CC2CCN(C)C2)C1=O. The van der Waals surface area contributed by atoms with Crippen molar-refractivity contribution >= 4 is 11.8 Å². The Kier molecular flexibility index (Phi) is 3.66. The van der Waals surface area contributed by atoms with Crippen molar-refractivity contribution in [2.24, 2.45) is 5.92 Å². The number of rotatable bonds is 2. The van der Waals surface area contributed by atoms with Crippen molar-refractivity contribution in [2.75, 3.05) is 33.2 Å². The molecule has 96 valence electrons. The molecule has 0 aromatic carbocycles. The Bertz CT molecular complexity index is 319. The molecular weight excluding hydrogens is 218 g/mol. The molecule has 0 radical (unpaired) electrons. The summed E-state index contributed by atoms with van der Waals surface area (Å²) in [5.41, 5.74) is 0. The zero-order chi connectivity index (χ0) is 12.4. The van der Waals surface area contributed by atoms with E-state index in [1.165, 1.54) is 0 Å². The number of nitrogens with one attached hydrogen (secondary N) is 1. The van der Waals surface area contributed by atoms with Gasteiger partial charge in [0.25, 0.3) is 0 Å². The summed E-state index contributed by atoms with van der Waals surface area (Å²) in [5.74, 6) is 0.603. The van der Waals surface area contributed by atoms with E-state index in [1.54, 1.807) is 6.92 Å². The van der Waals surface area contributed by atoms with Gasteiger partial charge in [0.2, 0.25) is 11.8 Å². The topological polar surface area (TPSA) is 52.7 Å². The van der Waals surface area contributed by atoms with Crippen LogP contribution in [-0.4, -0.2) is 60.9 Å². The first kappa shape index (κ1) is 12.4. The zero-order valence-electron chi connectivity index (χ0n) is 10.6. The molecule has 2 amide bonds. The lowest BCUT2D eigenvalue weighted by Crippen LogP contribution is -2.44. The molecule has 17 heavy (non-hydrogen) atoms. The number of likely N-dealkylation sites (tertiary alicyclic amines) is 1. The number of carbonyl (C=O) groups excluding carboxylic acids is 2. The van der Waals surface area contributed by atoms with Gasteiger partial charge in [0, 0.05) is 26.1 Å². The summed E-state index contributed by atoms with van der Waals surface area (Å²) < 4.78 is 0. The molecule has 0 bridgehead atoms. The fraction of sp³-hybridized carbons (Fsp3) is 0.833. The predicted molar refractivity (Wildman–Crippen MR) is 64.4 cm³/mol. The third-order valence-electron chi connectivity index (χ3n) is 3.64. The Morgan fingerprint density at radius 2 is 2.12 bits per heavy atom. The first-order chi connectivity index (χ1) is 8.06. The highest BCUT2D eigenvalue weighted by atomic mass is 16.2. The fourth-order valence-electron chi connectivity index (χ4n) is 2.66. The van der Waals surface area contributed by atoms with Crippen molar-refractivity contribution in [3.63, 3.8) is 0 Å². The maximum atomic E-state index is 12.1. The molecule has 0 spiro atoms. The Labute approximate surface area is 102 Å². The van der Waals surface area contributed by atoms with Crippen molar-refractivity contribution < 1.29 is 9.59 Å². The average Bonchev–Trinajstić information content (AvgIpc) is 2.64. The zero-order valence-corrected chi connectivity index (χ0v) is 10.6. The van der Waals surface area contributed by atoms with Gasteiger partial charge >= 0.3 is 0 Å². The normalized spacial score (nSPS) is 31.5. The molecule has 2 heterocycles. The number of hydrogen-bond donors (Lipinski definition) is 1. The molecule has 1 N–H and O–H groups in total. The van der Waals surface area contributed by atoms with Gasteiger partial charge in [-0.1, -0.05) is 0 Å². The smallest absolute Gasteiger partial charge is 0.244 e. The van der Waals surface area contributed by atoms with Crippen LogP contribution in [0.1, 0.15) is 19.8 Å². The molecule has 2 rings (SSSR count). The number of carbonyl (C=O) groups is 2. The van der Waals surface area contributed by atoms with Gasteiger partial charge in [-0.3, -0.25) is 9.59 Å². The van der Waals surface area contributed by atoms with Crippen LogP contribution in [0.25, 0.3) is 0 Å². The molecule has 0 aromatic rings. The standard InChI is InChI=1S/C12H21N3O2/c1-9-12(17)15(6-4-11(16)13-9)8-10-3-5-14(2)7-10/h9-10H,3-8H2,1-2H3,(H,13,16). The van der Waals surface area contributed by atoms with E-state index in [2.05, 4.69) is 17.3 Å². The molecule has 5 nitrogen and oxygen atoms in total. The molecular formula is C12H21N3O2. The van der Waals surface area contributed by atoms with Crippen LogP contribution in [0, 0.1) is 5.92 Å². The van der Waals surface area contributed by atoms with Crippen molar-refractivity contribution in [3.8, 4) is 0 Å². The minimum absolute atomic E-state index is 0.0168. The van der Waals surface area contributed by atoms with Crippen molar-refractivity contribution in [2.45, 2.75) is 25.8 Å². The maximum absolute atomic E-state index is 12.1. The van der Waals surface area contributed by atoms with E-state index in [-0.39, 0.29) is 17.9 Å². The Morgan fingerprint density at radius 3 is 2.76 bits per heavy atom. The van der Waals surface area contributed by atoms with E-state index in [9.17, 15) is 9.59 Å². The summed E-state index contributed by atoms with van der Waals surface area (Å²) in [7, 11) is 2.11. The summed E-state index contributed by atoms with van der Waals surface area (Å²) >= 11 is 0. The molecule has 2 saturated heterocycles. The lowest BCUT2D eigenvalue weighted by Gasteiger charge is -2.25. The molecule has 0 aliphatic carbocycles. The second-order valence-electron chi connectivity index (χ2n) is 5.24. The van der Waals surface area contributed by atoms with E-state index >= 15 is 0 Å². The van der Waals surface area contributed by atoms with Gasteiger partial charge in [-0.25, -0.2) is 0 Å². The summed E-state index contributed by atoms with van der Waals surface area (Å²) in [6.07, 6.45) is 1.58. The van der Waals surface area contributed by atoms with Gasteiger partial charge in [0.1, 0.15) is 6.04 Å². The number of hydrogen-bond acceptors (Lipinski definition) is 3. The van der Waals surface area contributed by atoms with E-state index < -0.39 is 0 Å². The molecule has 0 aromatic heterocycles. The van der Waals surface area contributed by atoms with Gasteiger partial charge in [-0.15, -0.1) is 0 Å². The van der Waals surface area contributed by atoms with Gasteiger partial charge in [-0.05, 0) is 32.9 Å². The van der Waals surface area contributed by atoms with E-state index in [4.69, 9.17) is 0 Å². The highest BCUT2D eigenvalue weighted by molar-refractivity contribution is 5.89. The van der Waals surface area contributed by atoms with Crippen LogP contribution in [0.15, 0.2) is 0 Å². The molecule has 2 atom stereocenters. The number of nitrogens with zero attached hydrogens (tertiary/aromatic N) is 2. The van der Waals surface area contributed by atoms with Crippen LogP contribution in [0.3, 0.4) is 0 Å². The largest absolute Gasteiger partial charge is 0.345 e. The Balaban J connectivity index is 1.94. The fourth-order valence-corrected chi connectivity index (χ4v) is 2.66. The van der Waals surface area contributed by atoms with Crippen LogP contribution in [-0.2, 0) is 9.59 Å². The van der Waals surface area contributed by atoms with Crippen LogP contribution >= 0.6 is 0 Å². The van der Waals surface area contributed by atoms with Crippen molar-refractivity contribution in [3.05, 3.63) is 0 Å².